The minimum absolute atomic E-state index is 0.257. The second-order valence-electron chi connectivity index (χ2n) is 3.15. The highest BCUT2D eigenvalue weighted by atomic mass is 79.9. The second-order valence-corrected chi connectivity index (χ2v) is 4.71. The highest BCUT2D eigenvalue weighted by Gasteiger charge is 2.11. The summed E-state index contributed by atoms with van der Waals surface area (Å²) in [5, 5.41) is 2.66. The lowest BCUT2D eigenvalue weighted by atomic mass is 10.2. The number of rotatable bonds is 5. The number of ether oxygens (including phenoxy) is 2. The Labute approximate surface area is 113 Å². The highest BCUT2D eigenvalue weighted by molar-refractivity contribution is 9.18. The Hall–Kier alpha value is -0.880. The van der Waals surface area contributed by atoms with Gasteiger partial charge in [0.2, 0.25) is 0 Å². The van der Waals surface area contributed by atoms with Gasteiger partial charge in [0.15, 0.2) is 0 Å². The van der Waals surface area contributed by atoms with Crippen LogP contribution >= 0.6 is 27.7 Å². The second kappa shape index (κ2) is 6.76. The zero-order chi connectivity index (χ0) is 12.8. The van der Waals surface area contributed by atoms with E-state index in [-0.39, 0.29) is 4.82 Å². The molecule has 0 aliphatic carbocycles. The number of nitrogens with one attached hydrogen (secondary N) is 1. The predicted molar refractivity (Wildman–Crippen MR) is 72.5 cm³/mol. The lowest BCUT2D eigenvalue weighted by Crippen LogP contribution is -2.15. The van der Waals surface area contributed by atoms with Crippen LogP contribution in [0.15, 0.2) is 17.0 Å². The molecule has 1 amide bonds. The number of carbonyl (C=O) groups excluding carboxylic acids is 1. The topological polar surface area (TPSA) is 47.6 Å². The van der Waals surface area contributed by atoms with Gasteiger partial charge in [-0.3, -0.25) is 4.79 Å². The molecule has 1 N–H and O–H groups in total. The molecule has 0 radical (unpaired) electrons. The van der Waals surface area contributed by atoms with Crippen LogP contribution < -0.4 is 14.8 Å². The molecular weight excluding hydrogens is 306 g/mol. The Morgan fingerprint density at radius 1 is 1.35 bits per heavy atom. The minimum atomic E-state index is -0.257. The molecule has 0 aromatic heterocycles. The van der Waals surface area contributed by atoms with Crippen LogP contribution in [0, 0.1) is 0 Å². The fourth-order valence-corrected chi connectivity index (χ4v) is 2.10. The van der Waals surface area contributed by atoms with Gasteiger partial charge in [0.25, 0.3) is 4.82 Å². The first-order valence-corrected chi connectivity index (χ1v) is 6.86. The van der Waals surface area contributed by atoms with Gasteiger partial charge in [-0.05, 0) is 18.4 Å². The lowest BCUT2D eigenvalue weighted by molar-refractivity contribution is 0.261. The largest absolute Gasteiger partial charge is 0.496 e. The van der Waals surface area contributed by atoms with Crippen molar-refractivity contribution in [1.29, 1.82) is 0 Å². The maximum Gasteiger partial charge on any atom is 0.287 e. The Balaban J connectivity index is 3.05. The van der Waals surface area contributed by atoms with Gasteiger partial charge < -0.3 is 14.8 Å². The van der Waals surface area contributed by atoms with E-state index < -0.39 is 0 Å². The third kappa shape index (κ3) is 3.81. The van der Waals surface area contributed by atoms with Gasteiger partial charge in [-0.1, -0.05) is 0 Å². The quantitative estimate of drug-likeness (QED) is 0.515. The van der Waals surface area contributed by atoms with Crippen LogP contribution in [0.3, 0.4) is 0 Å². The molecule has 0 heterocycles. The Morgan fingerprint density at radius 2 is 2.00 bits per heavy atom. The maximum atomic E-state index is 10.8. The van der Waals surface area contributed by atoms with Crippen molar-refractivity contribution in [2.45, 2.75) is 11.4 Å². The van der Waals surface area contributed by atoms with Gasteiger partial charge in [-0.25, -0.2) is 0 Å². The number of carbonyl (C=O) groups is 1. The first kappa shape index (κ1) is 14.2. The first-order valence-electron chi connectivity index (χ1n) is 4.84. The molecular formula is C11H14BrNO3S. The molecule has 6 heteroatoms. The molecule has 0 saturated heterocycles. The molecule has 0 bridgehead atoms. The number of benzene rings is 1. The van der Waals surface area contributed by atoms with Crippen molar-refractivity contribution in [3.8, 4) is 11.5 Å². The van der Waals surface area contributed by atoms with Crippen LogP contribution in [0.5, 0.6) is 11.5 Å². The van der Waals surface area contributed by atoms with E-state index in [1.807, 2.05) is 18.4 Å². The Kier molecular flexibility index (Phi) is 5.64. The fraction of sp³-hybridized carbons (Fsp3) is 0.364. The fourth-order valence-electron chi connectivity index (χ4n) is 1.40. The summed E-state index contributed by atoms with van der Waals surface area (Å²) in [4.78, 5) is 11.6. The summed E-state index contributed by atoms with van der Waals surface area (Å²) in [6.45, 7) is 0.387. The van der Waals surface area contributed by atoms with Gasteiger partial charge in [0.1, 0.15) is 11.5 Å². The van der Waals surface area contributed by atoms with Crippen molar-refractivity contribution in [1.82, 2.24) is 5.32 Å². The molecule has 0 atom stereocenters. The van der Waals surface area contributed by atoms with E-state index in [0.29, 0.717) is 6.54 Å². The molecule has 0 aliphatic rings. The number of amides is 1. The summed E-state index contributed by atoms with van der Waals surface area (Å²) in [7, 11) is 3.22. The summed E-state index contributed by atoms with van der Waals surface area (Å²) in [6, 6.07) is 3.77. The van der Waals surface area contributed by atoms with Crippen LogP contribution in [0.4, 0.5) is 4.79 Å². The average molecular weight is 320 g/mol. The van der Waals surface area contributed by atoms with Gasteiger partial charge >= 0.3 is 0 Å². The van der Waals surface area contributed by atoms with E-state index in [1.165, 1.54) is 0 Å². The van der Waals surface area contributed by atoms with E-state index in [0.717, 1.165) is 22.0 Å². The minimum Gasteiger partial charge on any atom is -0.496 e. The molecule has 1 aromatic rings. The molecule has 0 saturated carbocycles. The third-order valence-corrected chi connectivity index (χ3v) is 3.24. The molecule has 1 rings (SSSR count). The molecule has 1 aromatic carbocycles. The molecule has 17 heavy (non-hydrogen) atoms. The summed E-state index contributed by atoms with van der Waals surface area (Å²) in [5.41, 5.74) is 0.870. The zero-order valence-corrected chi connectivity index (χ0v) is 12.3. The van der Waals surface area contributed by atoms with Crippen molar-refractivity contribution in [2.75, 3.05) is 20.5 Å². The van der Waals surface area contributed by atoms with E-state index >= 15 is 0 Å². The monoisotopic (exact) mass is 319 g/mol. The third-order valence-electron chi connectivity index (χ3n) is 2.20. The summed E-state index contributed by atoms with van der Waals surface area (Å²) in [6.07, 6.45) is 1.97. The number of methoxy groups -OCH3 is 2. The molecule has 4 nitrogen and oxygen atoms in total. The molecule has 0 spiro atoms. The van der Waals surface area contributed by atoms with E-state index in [9.17, 15) is 4.79 Å². The lowest BCUT2D eigenvalue weighted by Gasteiger charge is -2.13. The van der Waals surface area contributed by atoms with Crippen LogP contribution in [-0.4, -0.2) is 25.3 Å². The van der Waals surface area contributed by atoms with Gasteiger partial charge in [0.05, 0.1) is 19.1 Å². The number of hydrogen-bond acceptors (Lipinski definition) is 4. The Morgan fingerprint density at radius 3 is 2.47 bits per heavy atom. The van der Waals surface area contributed by atoms with Crippen molar-refractivity contribution in [3.05, 3.63) is 17.7 Å². The number of hydrogen-bond donors (Lipinski definition) is 1. The number of thioether (sulfide) groups is 1. The average Bonchev–Trinajstić information content (AvgIpc) is 2.34. The van der Waals surface area contributed by atoms with Crippen LogP contribution in [-0.2, 0) is 6.54 Å². The molecule has 0 unspecified atom stereocenters. The van der Waals surface area contributed by atoms with Gasteiger partial charge in [0, 0.05) is 28.0 Å². The Bertz CT molecular complexity index is 412. The normalized spacial score (nSPS) is 9.88. The highest BCUT2D eigenvalue weighted by Crippen LogP contribution is 2.34. The van der Waals surface area contributed by atoms with E-state index in [1.54, 1.807) is 26.0 Å². The number of halogens is 1. The predicted octanol–water partition coefficient (Wildman–Crippen LogP) is 3.03. The van der Waals surface area contributed by atoms with Crippen molar-refractivity contribution in [3.63, 3.8) is 0 Å². The summed E-state index contributed by atoms with van der Waals surface area (Å²) < 4.78 is 10.6. The summed E-state index contributed by atoms with van der Waals surface area (Å²) >= 11 is 4.40. The van der Waals surface area contributed by atoms with Crippen LogP contribution in [0.1, 0.15) is 5.56 Å². The standard InChI is InChI=1S/C11H14BrNO3S/c1-15-8-5-10(17-3)9(16-2)4-7(8)6-13-11(12)14/h4-5H,6H2,1-3H3,(H,13,14). The SMILES string of the molecule is COc1cc(SC)c(OC)cc1CNC(=O)Br. The van der Waals surface area contributed by atoms with E-state index in [4.69, 9.17) is 9.47 Å². The van der Waals surface area contributed by atoms with Gasteiger partial charge in [-0.15, -0.1) is 11.8 Å². The van der Waals surface area contributed by atoms with Crippen LogP contribution in [0.2, 0.25) is 0 Å². The molecule has 0 fully saturated rings. The smallest absolute Gasteiger partial charge is 0.287 e. The van der Waals surface area contributed by atoms with Crippen molar-refractivity contribution >= 4 is 32.5 Å². The van der Waals surface area contributed by atoms with Gasteiger partial charge in [-0.2, -0.15) is 0 Å². The first-order chi connectivity index (χ1) is 8.12. The maximum absolute atomic E-state index is 10.8. The summed E-state index contributed by atoms with van der Waals surface area (Å²) in [5.74, 6) is 1.51. The molecule has 0 aliphatic heterocycles. The zero-order valence-electron chi connectivity index (χ0n) is 9.87. The van der Waals surface area contributed by atoms with E-state index in [2.05, 4.69) is 21.2 Å². The molecule has 94 valence electrons. The van der Waals surface area contributed by atoms with Crippen LogP contribution in [0.25, 0.3) is 0 Å². The van der Waals surface area contributed by atoms with Crippen molar-refractivity contribution < 1.29 is 14.3 Å². The van der Waals surface area contributed by atoms with Crippen molar-refractivity contribution in [2.24, 2.45) is 0 Å².